The van der Waals surface area contributed by atoms with Gasteiger partial charge in [-0.25, -0.2) is 8.42 Å². The maximum Gasteiger partial charge on any atom is 0.244 e. The number of aliphatic hydroxyl groups is 1. The van der Waals surface area contributed by atoms with Gasteiger partial charge in [0.15, 0.2) is 0 Å². The fraction of sp³-hybridized carbons (Fsp3) is 0.316. The normalized spacial score (nSPS) is 13.7. The van der Waals surface area contributed by atoms with Crippen molar-refractivity contribution in [2.24, 2.45) is 0 Å². The van der Waals surface area contributed by atoms with Gasteiger partial charge >= 0.3 is 0 Å². The number of amides is 1. The fourth-order valence-corrected chi connectivity index (χ4v) is 4.88. The van der Waals surface area contributed by atoms with E-state index in [1.165, 1.54) is 35.3 Å². The van der Waals surface area contributed by atoms with Crippen molar-refractivity contribution >= 4 is 38.9 Å². The molecule has 0 saturated heterocycles. The van der Waals surface area contributed by atoms with Crippen LogP contribution in [-0.2, 0) is 21.4 Å². The zero-order chi connectivity index (χ0) is 20.9. The highest BCUT2D eigenvalue weighted by atomic mass is 35.5. The zero-order valence-corrected chi connectivity index (χ0v) is 18.0. The number of benzene rings is 1. The molecule has 0 spiro atoms. The van der Waals surface area contributed by atoms with Crippen LogP contribution < -0.4 is 4.72 Å². The van der Waals surface area contributed by atoms with E-state index < -0.39 is 28.1 Å². The second-order valence-corrected chi connectivity index (χ2v) is 9.88. The standard InChI is InChI=1S/C19H23ClN2O4S2/c1-4-11-22(12-15-7-10-17(20)27-15)19(24)18(14(3)23)21-28(25,26)16-8-5-13(2)6-9-16/h4-10,14,18,21,23H,1,11-12H2,2-3H3. The van der Waals surface area contributed by atoms with Gasteiger partial charge in [-0.3, -0.25) is 4.79 Å². The molecule has 28 heavy (non-hydrogen) atoms. The van der Waals surface area contributed by atoms with Crippen molar-refractivity contribution in [2.75, 3.05) is 6.54 Å². The largest absolute Gasteiger partial charge is 0.391 e. The molecule has 1 heterocycles. The first kappa shape index (κ1) is 22.6. The molecular weight excluding hydrogens is 420 g/mol. The van der Waals surface area contributed by atoms with E-state index in [0.717, 1.165) is 10.4 Å². The van der Waals surface area contributed by atoms with Crippen molar-refractivity contribution in [3.05, 3.63) is 63.8 Å². The second-order valence-electron chi connectivity index (χ2n) is 6.37. The third-order valence-electron chi connectivity index (χ3n) is 4.00. The van der Waals surface area contributed by atoms with Crippen LogP contribution in [0.4, 0.5) is 0 Å². The Morgan fingerprint density at radius 3 is 2.46 bits per heavy atom. The van der Waals surface area contributed by atoms with E-state index in [9.17, 15) is 18.3 Å². The van der Waals surface area contributed by atoms with Crippen molar-refractivity contribution in [3.63, 3.8) is 0 Å². The van der Waals surface area contributed by atoms with Gasteiger partial charge in [0.25, 0.3) is 0 Å². The molecule has 1 aromatic carbocycles. The molecule has 0 fully saturated rings. The number of carbonyl (C=O) groups excluding carboxylic acids is 1. The van der Waals surface area contributed by atoms with E-state index in [0.29, 0.717) is 4.34 Å². The zero-order valence-electron chi connectivity index (χ0n) is 15.6. The predicted molar refractivity (Wildman–Crippen MR) is 112 cm³/mol. The topological polar surface area (TPSA) is 86.7 Å². The van der Waals surface area contributed by atoms with Gasteiger partial charge in [0.1, 0.15) is 6.04 Å². The van der Waals surface area contributed by atoms with Gasteiger partial charge in [0.2, 0.25) is 15.9 Å². The number of hydrogen-bond acceptors (Lipinski definition) is 5. The third-order valence-corrected chi connectivity index (χ3v) is 6.67. The molecule has 2 aromatic rings. The van der Waals surface area contributed by atoms with E-state index in [4.69, 9.17) is 11.6 Å². The van der Waals surface area contributed by atoms with Crippen molar-refractivity contribution in [2.45, 2.75) is 37.4 Å². The molecule has 2 N–H and O–H groups in total. The number of carbonyl (C=O) groups is 1. The minimum absolute atomic E-state index is 0.0249. The smallest absolute Gasteiger partial charge is 0.244 e. The Labute approximate surface area is 174 Å². The van der Waals surface area contributed by atoms with Crippen molar-refractivity contribution < 1.29 is 18.3 Å². The highest BCUT2D eigenvalue weighted by molar-refractivity contribution is 7.89. The van der Waals surface area contributed by atoms with Crippen LogP contribution >= 0.6 is 22.9 Å². The number of aryl methyl sites for hydroxylation is 1. The highest BCUT2D eigenvalue weighted by Gasteiger charge is 2.32. The van der Waals surface area contributed by atoms with E-state index >= 15 is 0 Å². The molecule has 0 saturated carbocycles. The summed E-state index contributed by atoms with van der Waals surface area (Å²) in [7, 11) is -3.99. The van der Waals surface area contributed by atoms with Gasteiger partial charge in [0, 0.05) is 11.4 Å². The number of nitrogens with zero attached hydrogens (tertiary/aromatic N) is 1. The summed E-state index contributed by atoms with van der Waals surface area (Å²) in [5.41, 5.74) is 0.911. The number of aliphatic hydroxyl groups excluding tert-OH is 1. The Morgan fingerprint density at radius 2 is 1.96 bits per heavy atom. The third kappa shape index (κ3) is 5.89. The van der Waals surface area contributed by atoms with Crippen LogP contribution in [0.3, 0.4) is 0 Å². The van der Waals surface area contributed by atoms with Crippen LogP contribution in [0.25, 0.3) is 0 Å². The van der Waals surface area contributed by atoms with Gasteiger partial charge in [-0.1, -0.05) is 35.4 Å². The van der Waals surface area contributed by atoms with Gasteiger partial charge in [-0.2, -0.15) is 4.72 Å². The average molecular weight is 443 g/mol. The Balaban J connectivity index is 2.25. The molecule has 0 aliphatic carbocycles. The lowest BCUT2D eigenvalue weighted by molar-refractivity contribution is -0.135. The van der Waals surface area contributed by atoms with Crippen LogP contribution in [0, 0.1) is 6.92 Å². The molecule has 2 unspecified atom stereocenters. The minimum atomic E-state index is -3.99. The average Bonchev–Trinajstić information content (AvgIpc) is 3.04. The molecular formula is C19H23ClN2O4S2. The van der Waals surface area contributed by atoms with E-state index in [-0.39, 0.29) is 18.0 Å². The summed E-state index contributed by atoms with van der Waals surface area (Å²) in [4.78, 5) is 15.3. The molecule has 0 bridgehead atoms. The summed E-state index contributed by atoms with van der Waals surface area (Å²) >= 11 is 7.27. The maximum atomic E-state index is 13.0. The van der Waals surface area contributed by atoms with Crippen molar-refractivity contribution in [1.29, 1.82) is 0 Å². The summed E-state index contributed by atoms with van der Waals surface area (Å²) < 4.78 is 28.3. The lowest BCUT2D eigenvalue weighted by atomic mass is 10.1. The molecule has 9 heteroatoms. The van der Waals surface area contributed by atoms with Gasteiger partial charge < -0.3 is 10.0 Å². The van der Waals surface area contributed by atoms with E-state index in [1.54, 1.807) is 30.3 Å². The minimum Gasteiger partial charge on any atom is -0.391 e. The number of rotatable bonds is 9. The van der Waals surface area contributed by atoms with Crippen LogP contribution in [-0.4, -0.2) is 43.0 Å². The first-order valence-electron chi connectivity index (χ1n) is 8.55. The lowest BCUT2D eigenvalue weighted by Gasteiger charge is -2.28. The quantitative estimate of drug-likeness (QED) is 0.584. The molecule has 0 aliphatic heterocycles. The number of thiophene rings is 1. The molecule has 2 atom stereocenters. The Kier molecular flexibility index (Phi) is 7.79. The summed E-state index contributed by atoms with van der Waals surface area (Å²) in [6.45, 7) is 7.29. The number of hydrogen-bond donors (Lipinski definition) is 2. The summed E-state index contributed by atoms with van der Waals surface area (Å²) in [5, 5.41) is 10.1. The van der Waals surface area contributed by atoms with Crippen molar-refractivity contribution in [1.82, 2.24) is 9.62 Å². The summed E-state index contributed by atoms with van der Waals surface area (Å²) in [6.07, 6.45) is 0.313. The first-order valence-corrected chi connectivity index (χ1v) is 11.2. The van der Waals surface area contributed by atoms with Gasteiger partial charge in [0.05, 0.1) is 21.9 Å². The lowest BCUT2D eigenvalue weighted by Crippen LogP contribution is -2.53. The molecule has 152 valence electrons. The van der Waals surface area contributed by atoms with E-state index in [2.05, 4.69) is 11.3 Å². The van der Waals surface area contributed by atoms with Gasteiger partial charge in [-0.15, -0.1) is 17.9 Å². The number of sulfonamides is 1. The Hall–Kier alpha value is -1.71. The fourth-order valence-electron chi connectivity index (χ4n) is 2.52. The van der Waals surface area contributed by atoms with Crippen LogP contribution in [0.2, 0.25) is 4.34 Å². The number of nitrogens with one attached hydrogen (secondary N) is 1. The Morgan fingerprint density at radius 1 is 1.32 bits per heavy atom. The number of halogens is 1. The maximum absolute atomic E-state index is 13.0. The SMILES string of the molecule is C=CCN(Cc1ccc(Cl)s1)C(=O)C(NS(=O)(=O)c1ccc(C)cc1)C(C)O. The summed E-state index contributed by atoms with van der Waals surface area (Å²) in [5.74, 6) is -0.546. The highest BCUT2D eigenvalue weighted by Crippen LogP contribution is 2.23. The second kappa shape index (κ2) is 9.67. The van der Waals surface area contributed by atoms with Crippen LogP contribution in [0.5, 0.6) is 0 Å². The monoisotopic (exact) mass is 442 g/mol. The Bertz CT molecular complexity index is 924. The summed E-state index contributed by atoms with van der Waals surface area (Å²) in [6, 6.07) is 8.43. The van der Waals surface area contributed by atoms with Crippen LogP contribution in [0.1, 0.15) is 17.4 Å². The molecule has 6 nitrogen and oxygen atoms in total. The van der Waals surface area contributed by atoms with Gasteiger partial charge in [-0.05, 0) is 38.1 Å². The molecule has 1 amide bonds. The molecule has 0 aliphatic rings. The van der Waals surface area contributed by atoms with Crippen molar-refractivity contribution in [3.8, 4) is 0 Å². The molecule has 2 rings (SSSR count). The molecule has 1 aromatic heterocycles. The molecule has 0 radical (unpaired) electrons. The van der Waals surface area contributed by atoms with E-state index in [1.807, 2.05) is 6.92 Å². The predicted octanol–water partition coefficient (Wildman–Crippen LogP) is 2.95. The van der Waals surface area contributed by atoms with Crippen LogP contribution in [0.15, 0.2) is 53.9 Å². The first-order chi connectivity index (χ1) is 13.1.